The van der Waals surface area contributed by atoms with E-state index < -0.39 is 0 Å². The molecular formula is C6H11N3O. The van der Waals surface area contributed by atoms with Gasteiger partial charge in [-0.25, -0.2) is 9.80 Å². The lowest BCUT2D eigenvalue weighted by molar-refractivity contribution is 0.184. The highest BCUT2D eigenvalue weighted by molar-refractivity contribution is 5.81. The van der Waals surface area contributed by atoms with E-state index in [0.717, 1.165) is 0 Å². The Kier molecular flexibility index (Phi) is 1.89. The molecule has 0 unspecified atom stereocenters. The van der Waals surface area contributed by atoms with Crippen LogP contribution in [0.2, 0.25) is 0 Å². The molecule has 0 saturated heterocycles. The number of carbonyl (C=O) groups is 1. The molecule has 0 aromatic carbocycles. The largest absolute Gasteiger partial charge is 0.338 e. The first-order valence-corrected chi connectivity index (χ1v) is 3.31. The second-order valence-electron chi connectivity index (χ2n) is 2.42. The van der Waals surface area contributed by atoms with Gasteiger partial charge in [0.15, 0.2) is 0 Å². The molecule has 4 heteroatoms. The van der Waals surface area contributed by atoms with E-state index in [0.29, 0.717) is 6.54 Å². The van der Waals surface area contributed by atoms with Crippen molar-refractivity contribution in [2.24, 2.45) is 5.10 Å². The van der Waals surface area contributed by atoms with Crippen LogP contribution in [0.3, 0.4) is 0 Å². The molecule has 0 aliphatic carbocycles. The predicted molar refractivity (Wildman–Crippen MR) is 38.9 cm³/mol. The van der Waals surface area contributed by atoms with Crippen molar-refractivity contribution < 1.29 is 4.79 Å². The van der Waals surface area contributed by atoms with Gasteiger partial charge >= 0.3 is 6.03 Å². The maximum absolute atomic E-state index is 10.9. The van der Waals surface area contributed by atoms with E-state index in [1.165, 1.54) is 5.01 Å². The summed E-state index contributed by atoms with van der Waals surface area (Å²) in [7, 11) is 0. The highest BCUT2D eigenvalue weighted by Gasteiger charge is 2.16. The zero-order valence-electron chi connectivity index (χ0n) is 6.16. The lowest BCUT2D eigenvalue weighted by Gasteiger charge is -2.23. The summed E-state index contributed by atoms with van der Waals surface area (Å²) in [5.74, 6) is 0. The van der Waals surface area contributed by atoms with E-state index in [1.54, 1.807) is 6.21 Å². The lowest BCUT2D eigenvalue weighted by Crippen LogP contribution is -2.44. The van der Waals surface area contributed by atoms with Gasteiger partial charge in [0.1, 0.15) is 0 Å². The zero-order valence-corrected chi connectivity index (χ0v) is 6.16. The van der Waals surface area contributed by atoms with Crippen molar-refractivity contribution in [2.75, 3.05) is 6.54 Å². The summed E-state index contributed by atoms with van der Waals surface area (Å²) < 4.78 is 0. The minimum atomic E-state index is -0.113. The van der Waals surface area contributed by atoms with E-state index in [-0.39, 0.29) is 12.1 Å². The Morgan fingerprint density at radius 2 is 2.50 bits per heavy atom. The van der Waals surface area contributed by atoms with Crippen LogP contribution in [0.25, 0.3) is 0 Å². The third kappa shape index (κ3) is 1.26. The van der Waals surface area contributed by atoms with Crippen molar-refractivity contribution in [1.29, 1.82) is 0 Å². The van der Waals surface area contributed by atoms with Gasteiger partial charge in [-0.3, -0.25) is 0 Å². The quantitative estimate of drug-likeness (QED) is 0.564. The number of carbonyl (C=O) groups excluding carboxylic acids is 1. The van der Waals surface area contributed by atoms with Crippen LogP contribution in [0.5, 0.6) is 0 Å². The van der Waals surface area contributed by atoms with E-state index in [9.17, 15) is 4.79 Å². The average Bonchev–Trinajstić information content (AvgIpc) is 1.88. The van der Waals surface area contributed by atoms with E-state index >= 15 is 0 Å². The summed E-state index contributed by atoms with van der Waals surface area (Å²) in [6.45, 7) is 4.38. The van der Waals surface area contributed by atoms with E-state index in [4.69, 9.17) is 0 Å². The Morgan fingerprint density at radius 3 is 2.90 bits per heavy atom. The molecule has 4 nitrogen and oxygen atoms in total. The number of nitrogens with zero attached hydrogens (tertiary/aromatic N) is 2. The Bertz CT molecular complexity index is 164. The Labute approximate surface area is 59.9 Å². The van der Waals surface area contributed by atoms with Crippen LogP contribution in [0.1, 0.15) is 13.8 Å². The second kappa shape index (κ2) is 2.68. The fraction of sp³-hybridized carbons (Fsp3) is 0.667. The minimum Gasteiger partial charge on any atom is -0.331 e. The molecule has 1 heterocycles. The number of rotatable bonds is 1. The number of amides is 2. The summed E-state index contributed by atoms with van der Waals surface area (Å²) in [6.07, 6.45) is 1.68. The van der Waals surface area contributed by atoms with Gasteiger partial charge < -0.3 is 5.32 Å². The van der Waals surface area contributed by atoms with Crippen LogP contribution in [0.4, 0.5) is 4.79 Å². The highest BCUT2D eigenvalue weighted by Crippen LogP contribution is 2.00. The topological polar surface area (TPSA) is 44.7 Å². The maximum atomic E-state index is 10.9. The Balaban J connectivity index is 2.64. The highest BCUT2D eigenvalue weighted by atomic mass is 16.2. The summed E-state index contributed by atoms with van der Waals surface area (Å²) in [4.78, 5) is 10.9. The predicted octanol–water partition coefficient (Wildman–Crippen LogP) is 0.406. The molecule has 1 aliphatic rings. The molecule has 0 saturated carbocycles. The average molecular weight is 141 g/mol. The second-order valence-corrected chi connectivity index (χ2v) is 2.42. The van der Waals surface area contributed by atoms with Crippen molar-refractivity contribution in [3.63, 3.8) is 0 Å². The normalized spacial score (nSPS) is 17.9. The molecule has 0 bridgehead atoms. The summed E-state index contributed by atoms with van der Waals surface area (Å²) in [6, 6.07) is 0.0223. The standard InChI is InChI=1S/C6H11N3O/c1-5(2)9-6(10)7-3-4-8-9/h4-5H,3H2,1-2H3,(H,7,10). The van der Waals surface area contributed by atoms with Crippen molar-refractivity contribution >= 4 is 12.2 Å². The van der Waals surface area contributed by atoms with Crippen molar-refractivity contribution in [1.82, 2.24) is 10.3 Å². The van der Waals surface area contributed by atoms with E-state index in [1.807, 2.05) is 13.8 Å². The number of hydrogen-bond acceptors (Lipinski definition) is 2. The third-order valence-corrected chi connectivity index (χ3v) is 1.25. The van der Waals surface area contributed by atoms with Crippen LogP contribution >= 0.6 is 0 Å². The zero-order chi connectivity index (χ0) is 7.56. The summed E-state index contributed by atoms with van der Waals surface area (Å²) in [5.41, 5.74) is 0. The molecule has 56 valence electrons. The van der Waals surface area contributed by atoms with Crippen molar-refractivity contribution in [2.45, 2.75) is 19.9 Å². The molecule has 0 aromatic heterocycles. The van der Waals surface area contributed by atoms with Gasteiger partial charge in [0.2, 0.25) is 0 Å². The minimum absolute atomic E-state index is 0.113. The maximum Gasteiger partial charge on any atom is 0.338 e. The monoisotopic (exact) mass is 141 g/mol. The fourth-order valence-electron chi connectivity index (χ4n) is 0.763. The van der Waals surface area contributed by atoms with Gasteiger partial charge in [-0.2, -0.15) is 5.10 Å². The van der Waals surface area contributed by atoms with Crippen LogP contribution in [-0.2, 0) is 0 Å². The van der Waals surface area contributed by atoms with Crippen LogP contribution < -0.4 is 5.32 Å². The third-order valence-electron chi connectivity index (χ3n) is 1.25. The lowest BCUT2D eigenvalue weighted by atomic mass is 10.4. The molecule has 0 atom stereocenters. The first kappa shape index (κ1) is 7.05. The number of hydrazone groups is 1. The van der Waals surface area contributed by atoms with Gasteiger partial charge in [-0.1, -0.05) is 0 Å². The molecule has 1 N–H and O–H groups in total. The molecular weight excluding hydrogens is 130 g/mol. The molecule has 0 fully saturated rings. The van der Waals surface area contributed by atoms with Crippen LogP contribution in [-0.4, -0.2) is 29.8 Å². The molecule has 10 heavy (non-hydrogen) atoms. The molecule has 2 amide bonds. The van der Waals surface area contributed by atoms with Crippen molar-refractivity contribution in [3.8, 4) is 0 Å². The molecule has 1 aliphatic heterocycles. The van der Waals surface area contributed by atoms with Gasteiger partial charge in [0, 0.05) is 6.21 Å². The van der Waals surface area contributed by atoms with Crippen molar-refractivity contribution in [3.05, 3.63) is 0 Å². The Morgan fingerprint density at radius 1 is 1.80 bits per heavy atom. The summed E-state index contributed by atoms with van der Waals surface area (Å²) >= 11 is 0. The van der Waals surface area contributed by atoms with Gasteiger partial charge in [0.25, 0.3) is 0 Å². The summed E-state index contributed by atoms with van der Waals surface area (Å²) in [5, 5.41) is 7.98. The van der Waals surface area contributed by atoms with Crippen LogP contribution in [0.15, 0.2) is 5.10 Å². The number of nitrogens with one attached hydrogen (secondary N) is 1. The molecule has 0 radical (unpaired) electrons. The SMILES string of the molecule is CC(C)N1N=CCNC1=O. The van der Waals surface area contributed by atoms with E-state index in [2.05, 4.69) is 10.4 Å². The van der Waals surface area contributed by atoms with Gasteiger partial charge in [-0.15, -0.1) is 0 Å². The van der Waals surface area contributed by atoms with Crippen LogP contribution in [0, 0.1) is 0 Å². The first-order chi connectivity index (χ1) is 4.72. The fourth-order valence-corrected chi connectivity index (χ4v) is 0.763. The smallest absolute Gasteiger partial charge is 0.331 e. The van der Waals surface area contributed by atoms with Gasteiger partial charge in [-0.05, 0) is 13.8 Å². The molecule has 0 aromatic rings. The first-order valence-electron chi connectivity index (χ1n) is 3.31. The Hall–Kier alpha value is -1.06. The molecule has 0 spiro atoms. The molecule has 1 rings (SSSR count). The number of urea groups is 1. The number of hydrogen-bond donors (Lipinski definition) is 1. The van der Waals surface area contributed by atoms with Gasteiger partial charge in [0.05, 0.1) is 12.6 Å².